The number of hydrogen-bond donors (Lipinski definition) is 1. The van der Waals surface area contributed by atoms with E-state index in [1.165, 1.54) is 12.1 Å². The summed E-state index contributed by atoms with van der Waals surface area (Å²) in [6.07, 6.45) is 0. The summed E-state index contributed by atoms with van der Waals surface area (Å²) in [5.74, 6) is -0.644. The van der Waals surface area contributed by atoms with E-state index in [9.17, 15) is 25.3 Å². The fourth-order valence-corrected chi connectivity index (χ4v) is 0.992. The number of phenolic OH excluding ortho intramolecular Hbond substituents is 1. The Morgan fingerprint density at radius 1 is 1.29 bits per heavy atom. The quantitative estimate of drug-likeness (QED) is 0.577. The number of nitro groups is 2. The Bertz CT molecular complexity index is 390. The fourth-order valence-electron chi connectivity index (χ4n) is 0.992. The Hall–Kier alpha value is -2.18. The lowest BCUT2D eigenvalue weighted by molar-refractivity contribution is -0.497. The number of hydrogen-bond acceptors (Lipinski definition) is 5. The molecule has 14 heavy (non-hydrogen) atoms. The van der Waals surface area contributed by atoms with Gasteiger partial charge in [-0.3, -0.25) is 20.2 Å². The normalized spacial score (nSPS) is 9.71. The summed E-state index contributed by atoms with van der Waals surface area (Å²) in [5, 5.41) is 29.7. The molecule has 74 valence electrons. The van der Waals surface area contributed by atoms with Crippen molar-refractivity contribution in [3.63, 3.8) is 0 Å². The molecule has 7 nitrogen and oxygen atoms in total. The molecule has 0 atom stereocenters. The number of aromatic hydroxyl groups is 1. The molecular formula is C7H6N2O5. The monoisotopic (exact) mass is 198 g/mol. The summed E-state index contributed by atoms with van der Waals surface area (Å²) in [7, 11) is 0. The Kier molecular flexibility index (Phi) is 2.61. The third-order valence-electron chi connectivity index (χ3n) is 1.59. The standard InChI is InChI=1S/C7H6N2O5/c10-7-5(4-8(11)12)2-1-3-6(7)9(13)14/h1-3,10H,4H2. The maximum absolute atomic E-state index is 10.3. The summed E-state index contributed by atoms with van der Waals surface area (Å²) in [6, 6.07) is 3.64. The molecule has 7 heteroatoms. The van der Waals surface area contributed by atoms with Crippen molar-refractivity contribution in [1.29, 1.82) is 0 Å². The van der Waals surface area contributed by atoms with Gasteiger partial charge in [-0.25, -0.2) is 0 Å². The zero-order valence-corrected chi connectivity index (χ0v) is 6.91. The SMILES string of the molecule is O=[N+]([O-])Cc1cccc([N+](=O)[O-])c1O. The highest BCUT2D eigenvalue weighted by Gasteiger charge is 2.18. The predicted molar refractivity (Wildman–Crippen MR) is 45.5 cm³/mol. The number of rotatable bonds is 3. The van der Waals surface area contributed by atoms with Crippen molar-refractivity contribution in [2.24, 2.45) is 0 Å². The molecule has 0 radical (unpaired) electrons. The van der Waals surface area contributed by atoms with Crippen LogP contribution in [0.1, 0.15) is 5.56 Å². The van der Waals surface area contributed by atoms with Gasteiger partial charge >= 0.3 is 5.69 Å². The van der Waals surface area contributed by atoms with Crippen molar-refractivity contribution in [2.45, 2.75) is 6.54 Å². The van der Waals surface area contributed by atoms with E-state index in [1.54, 1.807) is 0 Å². The van der Waals surface area contributed by atoms with Crippen LogP contribution in [-0.4, -0.2) is 15.0 Å². The van der Waals surface area contributed by atoms with Crippen LogP contribution in [0, 0.1) is 20.2 Å². The molecule has 0 amide bonds. The van der Waals surface area contributed by atoms with E-state index in [0.29, 0.717) is 0 Å². The second-order valence-electron chi connectivity index (χ2n) is 2.53. The predicted octanol–water partition coefficient (Wildman–Crippen LogP) is 1.08. The first-order chi connectivity index (χ1) is 6.52. The number of para-hydroxylation sites is 1. The van der Waals surface area contributed by atoms with Crippen LogP contribution in [0.5, 0.6) is 5.75 Å². The minimum atomic E-state index is -0.793. The van der Waals surface area contributed by atoms with E-state index >= 15 is 0 Å². The number of nitro benzene ring substituents is 1. The Labute approximate surface area is 77.9 Å². The lowest BCUT2D eigenvalue weighted by atomic mass is 10.2. The molecule has 0 aromatic heterocycles. The molecule has 0 aliphatic heterocycles. The topological polar surface area (TPSA) is 107 Å². The van der Waals surface area contributed by atoms with Crippen LogP contribution in [0.2, 0.25) is 0 Å². The largest absolute Gasteiger partial charge is 0.502 e. The molecule has 1 aromatic carbocycles. The van der Waals surface area contributed by atoms with Gasteiger partial charge < -0.3 is 5.11 Å². The van der Waals surface area contributed by atoms with Crippen molar-refractivity contribution in [1.82, 2.24) is 0 Å². The molecule has 0 heterocycles. The van der Waals surface area contributed by atoms with Gasteiger partial charge in [0.25, 0.3) is 0 Å². The molecule has 1 N–H and O–H groups in total. The van der Waals surface area contributed by atoms with Crippen LogP contribution < -0.4 is 0 Å². The van der Waals surface area contributed by atoms with Crippen LogP contribution in [0.3, 0.4) is 0 Å². The third-order valence-corrected chi connectivity index (χ3v) is 1.59. The lowest BCUT2D eigenvalue weighted by Gasteiger charge is -1.99. The molecular weight excluding hydrogens is 192 g/mol. The molecule has 1 aromatic rings. The third kappa shape index (κ3) is 1.94. The molecule has 0 unspecified atom stereocenters. The second kappa shape index (κ2) is 3.69. The molecule has 0 saturated carbocycles. The average Bonchev–Trinajstić information content (AvgIpc) is 2.07. The van der Waals surface area contributed by atoms with Gasteiger partial charge in [0.1, 0.15) is 0 Å². The highest BCUT2D eigenvalue weighted by molar-refractivity contribution is 5.50. The van der Waals surface area contributed by atoms with Crippen LogP contribution in [0.15, 0.2) is 18.2 Å². The van der Waals surface area contributed by atoms with Crippen molar-refractivity contribution in [3.05, 3.63) is 44.0 Å². The summed E-state index contributed by atoms with van der Waals surface area (Å²) in [4.78, 5) is 19.0. The van der Waals surface area contributed by atoms with E-state index in [0.717, 1.165) is 6.07 Å². The molecule has 1 rings (SSSR count). The Morgan fingerprint density at radius 2 is 1.93 bits per heavy atom. The minimum Gasteiger partial charge on any atom is -0.502 e. The zero-order chi connectivity index (χ0) is 10.7. The molecule has 0 fully saturated rings. The van der Waals surface area contributed by atoms with Crippen molar-refractivity contribution in [3.8, 4) is 5.75 Å². The smallest absolute Gasteiger partial charge is 0.311 e. The molecule has 0 bridgehead atoms. The molecule has 0 spiro atoms. The van der Waals surface area contributed by atoms with Gasteiger partial charge in [0.15, 0.2) is 0 Å². The summed E-state index contributed by atoms with van der Waals surface area (Å²) < 4.78 is 0. The van der Waals surface area contributed by atoms with Gasteiger partial charge in [-0.1, -0.05) is 6.07 Å². The first-order valence-corrected chi connectivity index (χ1v) is 3.59. The number of phenols is 1. The summed E-state index contributed by atoms with van der Waals surface area (Å²) in [5.41, 5.74) is -0.589. The Morgan fingerprint density at radius 3 is 2.43 bits per heavy atom. The van der Waals surface area contributed by atoms with Gasteiger partial charge in [-0.2, -0.15) is 0 Å². The number of benzene rings is 1. The van der Waals surface area contributed by atoms with Gasteiger partial charge in [0.05, 0.1) is 10.5 Å². The van der Waals surface area contributed by atoms with E-state index < -0.39 is 27.8 Å². The Balaban J connectivity index is 3.13. The van der Waals surface area contributed by atoms with E-state index in [-0.39, 0.29) is 5.56 Å². The molecule has 0 saturated heterocycles. The van der Waals surface area contributed by atoms with Crippen LogP contribution in [0.25, 0.3) is 0 Å². The number of nitrogens with zero attached hydrogens (tertiary/aromatic N) is 2. The second-order valence-corrected chi connectivity index (χ2v) is 2.53. The maximum atomic E-state index is 10.3. The average molecular weight is 198 g/mol. The van der Waals surface area contributed by atoms with Crippen molar-refractivity contribution < 1.29 is 15.0 Å². The summed E-state index contributed by atoms with van der Waals surface area (Å²) >= 11 is 0. The first kappa shape index (κ1) is 9.90. The van der Waals surface area contributed by atoms with Crippen molar-refractivity contribution in [2.75, 3.05) is 0 Å². The van der Waals surface area contributed by atoms with E-state index in [1.807, 2.05) is 0 Å². The van der Waals surface area contributed by atoms with Gasteiger partial charge in [0.2, 0.25) is 12.3 Å². The van der Waals surface area contributed by atoms with E-state index in [4.69, 9.17) is 0 Å². The maximum Gasteiger partial charge on any atom is 0.311 e. The first-order valence-electron chi connectivity index (χ1n) is 3.59. The highest BCUT2D eigenvalue weighted by atomic mass is 16.6. The van der Waals surface area contributed by atoms with E-state index in [2.05, 4.69) is 0 Å². The van der Waals surface area contributed by atoms with Gasteiger partial charge in [-0.15, -0.1) is 0 Å². The van der Waals surface area contributed by atoms with Gasteiger partial charge in [0, 0.05) is 11.0 Å². The van der Waals surface area contributed by atoms with Crippen LogP contribution in [-0.2, 0) is 6.54 Å². The van der Waals surface area contributed by atoms with Crippen LogP contribution in [0.4, 0.5) is 5.69 Å². The van der Waals surface area contributed by atoms with Gasteiger partial charge in [-0.05, 0) is 6.07 Å². The van der Waals surface area contributed by atoms with Crippen LogP contribution >= 0.6 is 0 Å². The molecule has 0 aliphatic rings. The summed E-state index contributed by atoms with van der Waals surface area (Å²) in [6.45, 7) is -0.631. The minimum absolute atomic E-state index is 0.0656. The highest BCUT2D eigenvalue weighted by Crippen LogP contribution is 2.29. The lowest BCUT2D eigenvalue weighted by Crippen LogP contribution is -1.99. The zero-order valence-electron chi connectivity index (χ0n) is 6.91. The molecule has 0 aliphatic carbocycles. The van der Waals surface area contributed by atoms with Crippen molar-refractivity contribution >= 4 is 5.69 Å². The fraction of sp³-hybridized carbons (Fsp3) is 0.143.